The van der Waals surface area contributed by atoms with E-state index in [0.717, 1.165) is 5.56 Å². The van der Waals surface area contributed by atoms with Crippen LogP contribution in [0.15, 0.2) is 77.4 Å². The maximum absolute atomic E-state index is 12.8. The average Bonchev–Trinajstić information content (AvgIpc) is 3.20. The fourth-order valence-corrected chi connectivity index (χ4v) is 3.64. The molecule has 0 spiro atoms. The number of ether oxygens (including phenoxy) is 3. The fraction of sp³-hybridized carbons (Fsp3) is 0.207. The summed E-state index contributed by atoms with van der Waals surface area (Å²) in [6.45, 7) is 8.53. The first-order valence-electron chi connectivity index (χ1n) is 11.5. The lowest BCUT2D eigenvalue weighted by Crippen LogP contribution is -2.13. The van der Waals surface area contributed by atoms with Crippen LogP contribution in [0.5, 0.6) is 11.5 Å². The third kappa shape index (κ3) is 5.83. The minimum atomic E-state index is -0.563. The second-order valence-electron chi connectivity index (χ2n) is 9.20. The van der Waals surface area contributed by atoms with Crippen molar-refractivity contribution in [3.63, 3.8) is 0 Å². The zero-order valence-electron chi connectivity index (χ0n) is 20.5. The molecule has 0 atom stereocenters. The number of benzene rings is 3. The lowest BCUT2D eigenvalue weighted by Gasteiger charge is -2.19. The predicted molar refractivity (Wildman–Crippen MR) is 140 cm³/mol. The number of esters is 2. The van der Waals surface area contributed by atoms with E-state index >= 15 is 0 Å². The number of halogens is 1. The third-order valence-electron chi connectivity index (χ3n) is 5.47. The van der Waals surface area contributed by atoms with Crippen molar-refractivity contribution in [2.75, 3.05) is 6.61 Å². The van der Waals surface area contributed by atoms with Gasteiger partial charge in [-0.25, -0.2) is 14.6 Å². The second-order valence-corrected chi connectivity index (χ2v) is 9.64. The van der Waals surface area contributed by atoms with E-state index in [1.807, 2.05) is 19.1 Å². The molecule has 4 rings (SSSR count). The Kier molecular flexibility index (Phi) is 7.27. The molecule has 3 aromatic rings. The molecule has 1 aliphatic heterocycles. The number of rotatable bonds is 6. The molecule has 1 heterocycles. The summed E-state index contributed by atoms with van der Waals surface area (Å²) in [5.41, 5.74) is 2.98. The Bertz CT molecular complexity index is 1350. The van der Waals surface area contributed by atoms with Crippen LogP contribution >= 0.6 is 11.6 Å². The van der Waals surface area contributed by atoms with Crippen LogP contribution < -0.4 is 9.47 Å². The van der Waals surface area contributed by atoms with E-state index in [1.54, 1.807) is 60.7 Å². The first kappa shape index (κ1) is 25.2. The maximum Gasteiger partial charge on any atom is 0.363 e. The van der Waals surface area contributed by atoms with Gasteiger partial charge in [0.15, 0.2) is 17.2 Å². The highest BCUT2D eigenvalue weighted by Gasteiger charge is 2.24. The summed E-state index contributed by atoms with van der Waals surface area (Å²) in [4.78, 5) is 29.4. The number of carbonyl (C=O) groups is 2. The summed E-state index contributed by atoms with van der Waals surface area (Å²) in [6.07, 6.45) is 1.59. The molecular formula is C29H26ClNO5. The van der Waals surface area contributed by atoms with Crippen LogP contribution in [-0.4, -0.2) is 24.4 Å². The van der Waals surface area contributed by atoms with E-state index in [0.29, 0.717) is 34.1 Å². The molecule has 0 unspecified atom stereocenters. The highest BCUT2D eigenvalue weighted by atomic mass is 35.5. The molecule has 0 saturated carbocycles. The number of nitrogens with zero attached hydrogens (tertiary/aromatic N) is 1. The largest absolute Gasteiger partial charge is 0.490 e. The molecular weight excluding hydrogens is 478 g/mol. The van der Waals surface area contributed by atoms with Crippen LogP contribution in [0.1, 0.15) is 54.7 Å². The summed E-state index contributed by atoms with van der Waals surface area (Å²) < 4.78 is 16.6. The van der Waals surface area contributed by atoms with E-state index in [-0.39, 0.29) is 22.8 Å². The van der Waals surface area contributed by atoms with Gasteiger partial charge in [-0.1, -0.05) is 50.6 Å². The Hall–Kier alpha value is -3.90. The van der Waals surface area contributed by atoms with Crippen molar-refractivity contribution in [3.05, 3.63) is 99.7 Å². The fourth-order valence-electron chi connectivity index (χ4n) is 3.52. The van der Waals surface area contributed by atoms with Crippen LogP contribution in [-0.2, 0) is 14.9 Å². The second kappa shape index (κ2) is 10.4. The number of hydrogen-bond acceptors (Lipinski definition) is 6. The Morgan fingerprint density at radius 1 is 1.00 bits per heavy atom. The van der Waals surface area contributed by atoms with Gasteiger partial charge in [-0.3, -0.25) is 0 Å². The third-order valence-corrected chi connectivity index (χ3v) is 5.72. The summed E-state index contributed by atoms with van der Waals surface area (Å²) in [7, 11) is 0. The highest BCUT2D eigenvalue weighted by molar-refractivity contribution is 6.30. The average molecular weight is 504 g/mol. The van der Waals surface area contributed by atoms with Crippen LogP contribution in [0, 0.1) is 0 Å². The molecule has 0 aliphatic carbocycles. The molecule has 0 radical (unpaired) electrons. The van der Waals surface area contributed by atoms with Gasteiger partial charge < -0.3 is 14.2 Å². The minimum absolute atomic E-state index is 0.0136. The lowest BCUT2D eigenvalue weighted by molar-refractivity contribution is -0.129. The highest BCUT2D eigenvalue weighted by Crippen LogP contribution is 2.31. The first-order chi connectivity index (χ1) is 17.1. The van der Waals surface area contributed by atoms with Gasteiger partial charge in [-0.2, -0.15) is 0 Å². The molecule has 36 heavy (non-hydrogen) atoms. The molecule has 0 N–H and O–H groups in total. The van der Waals surface area contributed by atoms with Gasteiger partial charge in [0, 0.05) is 10.6 Å². The van der Waals surface area contributed by atoms with Gasteiger partial charge in [-0.15, -0.1) is 0 Å². The van der Waals surface area contributed by atoms with Crippen LogP contribution in [0.2, 0.25) is 5.02 Å². The normalized spacial score (nSPS) is 14.4. The van der Waals surface area contributed by atoms with Gasteiger partial charge in [0.1, 0.15) is 0 Å². The van der Waals surface area contributed by atoms with Crippen molar-refractivity contribution in [3.8, 4) is 11.5 Å². The predicted octanol–water partition coefficient (Wildman–Crippen LogP) is 6.60. The molecule has 0 aromatic heterocycles. The van der Waals surface area contributed by atoms with Crippen LogP contribution in [0.3, 0.4) is 0 Å². The van der Waals surface area contributed by atoms with Crippen molar-refractivity contribution in [1.29, 1.82) is 0 Å². The molecule has 3 aromatic carbocycles. The van der Waals surface area contributed by atoms with Crippen molar-refractivity contribution in [2.24, 2.45) is 4.99 Å². The SMILES string of the molecule is CCOc1cc(/C=C2/N=C(c3ccc(Cl)cc3)OC2=O)ccc1OC(=O)c1ccc(C(C)(C)C)cc1. The molecule has 184 valence electrons. The standard InChI is InChI=1S/C29H26ClNO5/c1-5-34-25-17-18(16-23-28(33)36-26(31-23)19-9-13-22(30)14-10-19)6-15-24(25)35-27(32)20-7-11-21(12-8-20)29(2,3)4/h6-17H,5H2,1-4H3/b23-16+. The molecule has 0 bridgehead atoms. The summed E-state index contributed by atoms with van der Waals surface area (Å²) in [5.74, 6) is -0.190. The zero-order chi connectivity index (χ0) is 25.9. The Morgan fingerprint density at radius 3 is 2.33 bits per heavy atom. The quantitative estimate of drug-likeness (QED) is 0.215. The maximum atomic E-state index is 12.8. The van der Waals surface area contributed by atoms with Crippen molar-refractivity contribution >= 4 is 35.5 Å². The lowest BCUT2D eigenvalue weighted by atomic mass is 9.87. The van der Waals surface area contributed by atoms with E-state index < -0.39 is 11.9 Å². The number of carbonyl (C=O) groups excluding carboxylic acids is 2. The van der Waals surface area contributed by atoms with Gasteiger partial charge >= 0.3 is 11.9 Å². The monoisotopic (exact) mass is 503 g/mol. The summed E-state index contributed by atoms with van der Waals surface area (Å²) in [5, 5.41) is 0.575. The van der Waals surface area contributed by atoms with Crippen molar-refractivity contribution in [1.82, 2.24) is 0 Å². The van der Waals surface area contributed by atoms with E-state index in [9.17, 15) is 9.59 Å². The van der Waals surface area contributed by atoms with Gasteiger partial charge in [0.05, 0.1) is 12.2 Å². The summed E-state index contributed by atoms with van der Waals surface area (Å²) in [6, 6.07) is 19.2. The summed E-state index contributed by atoms with van der Waals surface area (Å²) >= 11 is 5.92. The number of cyclic esters (lactones) is 1. The number of aliphatic imine (C=N–C) groups is 1. The topological polar surface area (TPSA) is 74.2 Å². The van der Waals surface area contributed by atoms with Crippen LogP contribution in [0.4, 0.5) is 0 Å². The van der Waals surface area contributed by atoms with Gasteiger partial charge in [0.25, 0.3) is 0 Å². The van der Waals surface area contributed by atoms with E-state index in [4.69, 9.17) is 25.8 Å². The molecule has 0 amide bonds. The van der Waals surface area contributed by atoms with Crippen molar-refractivity contribution < 1.29 is 23.8 Å². The number of hydrogen-bond donors (Lipinski definition) is 0. The van der Waals surface area contributed by atoms with E-state index in [1.165, 1.54) is 0 Å². The van der Waals surface area contributed by atoms with Gasteiger partial charge in [-0.05, 0) is 78.1 Å². The molecule has 1 aliphatic rings. The molecule has 7 heteroatoms. The molecule has 6 nitrogen and oxygen atoms in total. The first-order valence-corrected chi connectivity index (χ1v) is 11.9. The van der Waals surface area contributed by atoms with Crippen LogP contribution in [0.25, 0.3) is 6.08 Å². The van der Waals surface area contributed by atoms with Gasteiger partial charge in [0.2, 0.25) is 5.90 Å². The Balaban J connectivity index is 1.55. The zero-order valence-corrected chi connectivity index (χ0v) is 21.3. The molecule has 0 fully saturated rings. The molecule has 0 saturated heterocycles. The van der Waals surface area contributed by atoms with E-state index in [2.05, 4.69) is 25.8 Å². The Labute approximate surface area is 215 Å². The van der Waals surface area contributed by atoms with Crippen molar-refractivity contribution in [2.45, 2.75) is 33.1 Å². The Morgan fingerprint density at radius 2 is 1.69 bits per heavy atom. The smallest absolute Gasteiger partial charge is 0.363 e. The minimum Gasteiger partial charge on any atom is -0.490 e.